The van der Waals surface area contributed by atoms with Crippen molar-refractivity contribution in [1.29, 1.82) is 0 Å². The largest absolute Gasteiger partial charge is 0.456 e. The Morgan fingerprint density at radius 1 is 1.14 bits per heavy atom. The Morgan fingerprint density at radius 3 is 2.72 bits per heavy atom. The van der Waals surface area contributed by atoms with Gasteiger partial charge in [0.1, 0.15) is 5.76 Å². The first kappa shape index (κ1) is 19.9. The van der Waals surface area contributed by atoms with E-state index in [4.69, 9.17) is 9.15 Å². The van der Waals surface area contributed by atoms with E-state index in [1.165, 1.54) is 24.0 Å². The summed E-state index contributed by atoms with van der Waals surface area (Å²) in [6.45, 7) is 6.56. The molecule has 0 radical (unpaired) electrons. The Bertz CT molecular complexity index is 878. The van der Waals surface area contributed by atoms with E-state index in [1.807, 2.05) is 19.1 Å². The first-order chi connectivity index (χ1) is 14.2. The van der Waals surface area contributed by atoms with Crippen LogP contribution in [0, 0.1) is 6.92 Å². The predicted octanol–water partition coefficient (Wildman–Crippen LogP) is 4.67. The molecule has 4 rings (SSSR count). The molecule has 29 heavy (non-hydrogen) atoms. The van der Waals surface area contributed by atoms with Crippen LogP contribution in [0.1, 0.15) is 53.1 Å². The minimum atomic E-state index is -0.197. The zero-order chi connectivity index (χ0) is 20.1. The second-order valence-corrected chi connectivity index (χ2v) is 7.92. The van der Waals surface area contributed by atoms with Gasteiger partial charge in [0.15, 0.2) is 5.76 Å². The summed E-state index contributed by atoms with van der Waals surface area (Å²) >= 11 is 0. The first-order valence-electron chi connectivity index (χ1n) is 10.7. The fraction of sp³-hybridized carbons (Fsp3) is 0.458. The Balaban J connectivity index is 1.53. The molecule has 1 aliphatic carbocycles. The summed E-state index contributed by atoms with van der Waals surface area (Å²) in [6, 6.07) is 9.99. The molecule has 2 aromatic rings. The van der Waals surface area contributed by atoms with Crippen molar-refractivity contribution in [3.63, 3.8) is 0 Å². The number of aryl methyl sites for hydroxylation is 1. The highest BCUT2D eigenvalue weighted by Crippen LogP contribution is 2.33. The molecule has 1 saturated heterocycles. The van der Waals surface area contributed by atoms with Gasteiger partial charge in [-0.25, -0.2) is 0 Å². The number of carbonyl (C=O) groups is 1. The lowest BCUT2D eigenvalue weighted by Gasteiger charge is -2.26. The molecule has 1 fully saturated rings. The molecule has 1 aromatic carbocycles. The number of furan rings is 1. The average Bonchev–Trinajstić information content (AvgIpc) is 3.21. The van der Waals surface area contributed by atoms with Gasteiger partial charge in [-0.05, 0) is 74.4 Å². The van der Waals surface area contributed by atoms with Gasteiger partial charge in [-0.1, -0.05) is 12.1 Å². The number of allylic oxidation sites excluding steroid dienone is 2. The molecular formula is C24H30N2O3. The van der Waals surface area contributed by atoms with Gasteiger partial charge in [0.05, 0.1) is 13.2 Å². The van der Waals surface area contributed by atoms with Crippen molar-refractivity contribution in [3.05, 3.63) is 59.1 Å². The SMILES string of the molecule is Cc1ccc(C(=O)Nc2ccc(CCN3CCOCC3)cc2C2=CCCCC2)o1. The number of hydrogen-bond donors (Lipinski definition) is 1. The lowest BCUT2D eigenvalue weighted by molar-refractivity contribution is 0.0384. The molecule has 0 bridgehead atoms. The fourth-order valence-electron chi connectivity index (χ4n) is 4.06. The van der Waals surface area contributed by atoms with Crippen LogP contribution < -0.4 is 5.32 Å². The predicted molar refractivity (Wildman–Crippen MR) is 115 cm³/mol. The Kier molecular flexibility index (Phi) is 6.47. The smallest absolute Gasteiger partial charge is 0.291 e. The number of rotatable bonds is 6. The molecule has 154 valence electrons. The number of hydrogen-bond acceptors (Lipinski definition) is 4. The topological polar surface area (TPSA) is 54.7 Å². The van der Waals surface area contributed by atoms with Gasteiger partial charge in [0.25, 0.3) is 5.91 Å². The highest BCUT2D eigenvalue weighted by Gasteiger charge is 2.17. The Labute approximate surface area is 172 Å². The molecule has 2 heterocycles. The lowest BCUT2D eigenvalue weighted by atomic mass is 9.91. The molecule has 0 spiro atoms. The molecular weight excluding hydrogens is 364 g/mol. The number of ether oxygens (including phenoxy) is 1. The summed E-state index contributed by atoms with van der Waals surface area (Å²) in [6.07, 6.45) is 7.96. The lowest BCUT2D eigenvalue weighted by Crippen LogP contribution is -2.37. The Hall–Kier alpha value is -2.37. The average molecular weight is 395 g/mol. The molecule has 2 aliphatic rings. The number of nitrogens with zero attached hydrogens (tertiary/aromatic N) is 1. The van der Waals surface area contributed by atoms with Crippen molar-refractivity contribution in [3.8, 4) is 0 Å². The summed E-state index contributed by atoms with van der Waals surface area (Å²) in [7, 11) is 0. The minimum absolute atomic E-state index is 0.197. The molecule has 1 N–H and O–H groups in total. The van der Waals surface area contributed by atoms with E-state index in [-0.39, 0.29) is 5.91 Å². The zero-order valence-corrected chi connectivity index (χ0v) is 17.2. The maximum Gasteiger partial charge on any atom is 0.291 e. The highest BCUT2D eigenvalue weighted by atomic mass is 16.5. The van der Waals surface area contributed by atoms with Crippen LogP contribution in [0.2, 0.25) is 0 Å². The van der Waals surface area contributed by atoms with E-state index in [2.05, 4.69) is 28.4 Å². The zero-order valence-electron chi connectivity index (χ0n) is 17.2. The molecule has 0 unspecified atom stereocenters. The van der Waals surface area contributed by atoms with E-state index in [0.717, 1.165) is 69.1 Å². The molecule has 1 aromatic heterocycles. The molecule has 5 heteroatoms. The van der Waals surface area contributed by atoms with Crippen molar-refractivity contribution in [1.82, 2.24) is 4.90 Å². The van der Waals surface area contributed by atoms with Crippen LogP contribution in [0.15, 0.2) is 40.8 Å². The monoisotopic (exact) mass is 394 g/mol. The van der Waals surface area contributed by atoms with Gasteiger partial charge in [-0.3, -0.25) is 9.69 Å². The highest BCUT2D eigenvalue weighted by molar-refractivity contribution is 6.03. The third kappa shape index (κ3) is 5.17. The van der Waals surface area contributed by atoms with Crippen molar-refractivity contribution >= 4 is 17.2 Å². The van der Waals surface area contributed by atoms with Gasteiger partial charge in [-0.15, -0.1) is 0 Å². The summed E-state index contributed by atoms with van der Waals surface area (Å²) in [5.74, 6) is 0.892. The van der Waals surface area contributed by atoms with E-state index >= 15 is 0 Å². The van der Waals surface area contributed by atoms with E-state index in [0.29, 0.717) is 5.76 Å². The van der Waals surface area contributed by atoms with Gasteiger partial charge < -0.3 is 14.5 Å². The van der Waals surface area contributed by atoms with Crippen molar-refractivity contribution < 1.29 is 13.9 Å². The normalized spacial score (nSPS) is 17.8. The van der Waals surface area contributed by atoms with E-state index in [9.17, 15) is 4.79 Å². The van der Waals surface area contributed by atoms with Gasteiger partial charge in [-0.2, -0.15) is 0 Å². The van der Waals surface area contributed by atoms with Gasteiger partial charge in [0.2, 0.25) is 0 Å². The van der Waals surface area contributed by atoms with Crippen molar-refractivity contribution in [2.24, 2.45) is 0 Å². The number of anilines is 1. The minimum Gasteiger partial charge on any atom is -0.456 e. The second-order valence-electron chi connectivity index (χ2n) is 7.92. The Morgan fingerprint density at radius 2 is 2.00 bits per heavy atom. The summed E-state index contributed by atoms with van der Waals surface area (Å²) in [5, 5.41) is 3.07. The molecule has 1 aliphatic heterocycles. The number of morpholine rings is 1. The van der Waals surface area contributed by atoms with E-state index < -0.39 is 0 Å². The molecule has 5 nitrogen and oxygen atoms in total. The summed E-state index contributed by atoms with van der Waals surface area (Å²) < 4.78 is 10.9. The summed E-state index contributed by atoms with van der Waals surface area (Å²) in [5.41, 5.74) is 4.67. The number of nitrogens with one attached hydrogen (secondary N) is 1. The third-order valence-electron chi connectivity index (χ3n) is 5.75. The molecule has 0 atom stereocenters. The summed E-state index contributed by atoms with van der Waals surface area (Å²) in [4.78, 5) is 15.1. The maximum absolute atomic E-state index is 12.6. The first-order valence-corrected chi connectivity index (χ1v) is 10.7. The molecule has 0 saturated carbocycles. The second kappa shape index (κ2) is 9.42. The third-order valence-corrected chi connectivity index (χ3v) is 5.75. The van der Waals surface area contributed by atoms with Crippen LogP contribution in [-0.4, -0.2) is 43.7 Å². The van der Waals surface area contributed by atoms with E-state index in [1.54, 1.807) is 6.07 Å². The quantitative estimate of drug-likeness (QED) is 0.773. The van der Waals surface area contributed by atoms with Crippen molar-refractivity contribution in [2.45, 2.75) is 39.0 Å². The van der Waals surface area contributed by atoms with Gasteiger partial charge >= 0.3 is 0 Å². The van der Waals surface area contributed by atoms with Crippen LogP contribution in [0.4, 0.5) is 5.69 Å². The number of amides is 1. The maximum atomic E-state index is 12.6. The van der Waals surface area contributed by atoms with Crippen LogP contribution in [-0.2, 0) is 11.2 Å². The van der Waals surface area contributed by atoms with Gasteiger partial charge in [0, 0.05) is 30.9 Å². The van der Waals surface area contributed by atoms with Crippen LogP contribution in [0.5, 0.6) is 0 Å². The number of benzene rings is 1. The van der Waals surface area contributed by atoms with Crippen molar-refractivity contribution in [2.75, 3.05) is 38.2 Å². The molecule has 1 amide bonds. The van der Waals surface area contributed by atoms with Crippen LogP contribution in [0.3, 0.4) is 0 Å². The van der Waals surface area contributed by atoms with Crippen LogP contribution in [0.25, 0.3) is 5.57 Å². The fourth-order valence-corrected chi connectivity index (χ4v) is 4.06. The van der Waals surface area contributed by atoms with Crippen LogP contribution >= 0.6 is 0 Å². The number of carbonyl (C=O) groups excluding carboxylic acids is 1. The standard InChI is InChI=1S/C24H30N2O3/c1-18-7-10-23(29-18)24(27)25-22-9-8-19(11-12-26-13-15-28-16-14-26)17-21(22)20-5-3-2-4-6-20/h5,7-10,17H,2-4,6,11-16H2,1H3,(H,25,27).